The summed E-state index contributed by atoms with van der Waals surface area (Å²) in [5, 5.41) is 0. The van der Waals surface area contributed by atoms with Gasteiger partial charge in [0.25, 0.3) is 0 Å². The third kappa shape index (κ3) is 3.61. The normalized spacial score (nSPS) is 20.6. The number of ether oxygens (including phenoxy) is 2. The number of nitrogens with zero attached hydrogens (tertiary/aromatic N) is 2. The average Bonchev–Trinajstić information content (AvgIpc) is 3.04. The molecular weight excluding hydrogens is 316 g/mol. The fourth-order valence-corrected chi connectivity index (χ4v) is 3.37. The summed E-state index contributed by atoms with van der Waals surface area (Å²) in [6.07, 6.45) is -0.429. The Hall–Kier alpha value is -2.53. The van der Waals surface area contributed by atoms with Crippen LogP contribution in [0, 0.1) is 0 Å². The summed E-state index contributed by atoms with van der Waals surface area (Å²) in [5.74, 6) is 0. The molecule has 0 aliphatic carbocycles. The summed E-state index contributed by atoms with van der Waals surface area (Å²) in [5.41, 5.74) is 3.35. The number of carbonyl (C=O) groups is 1. The van der Waals surface area contributed by atoms with Crippen molar-refractivity contribution in [3.8, 4) is 0 Å². The molecule has 0 saturated carbocycles. The van der Waals surface area contributed by atoms with Gasteiger partial charge < -0.3 is 14.4 Å². The third-order valence-corrected chi connectivity index (χ3v) is 4.72. The highest BCUT2D eigenvalue weighted by Crippen LogP contribution is 2.27. The first-order valence-electron chi connectivity index (χ1n) is 8.72. The predicted octanol–water partition coefficient (Wildman–Crippen LogP) is 3.22. The van der Waals surface area contributed by atoms with E-state index in [1.165, 1.54) is 5.69 Å². The monoisotopic (exact) mass is 338 g/mol. The predicted molar refractivity (Wildman–Crippen MR) is 95.5 cm³/mol. The number of carbonyl (C=O) groups excluding carboxylic acids is 1. The lowest BCUT2D eigenvalue weighted by molar-refractivity contribution is 0.122. The molecule has 2 aliphatic rings. The highest BCUT2D eigenvalue weighted by molar-refractivity contribution is 5.70. The molecule has 5 heteroatoms. The Morgan fingerprint density at radius 3 is 2.60 bits per heavy atom. The molecule has 5 nitrogen and oxygen atoms in total. The van der Waals surface area contributed by atoms with E-state index in [0.29, 0.717) is 13.1 Å². The fourth-order valence-electron chi connectivity index (χ4n) is 3.37. The molecule has 4 rings (SSSR count). The highest BCUT2D eigenvalue weighted by atomic mass is 16.6. The molecule has 2 aromatic rings. The topological polar surface area (TPSA) is 42.0 Å². The maximum absolute atomic E-state index is 12.2. The fraction of sp³-hybridized carbons (Fsp3) is 0.350. The molecule has 2 aromatic carbocycles. The van der Waals surface area contributed by atoms with Gasteiger partial charge in [-0.05, 0) is 23.3 Å². The van der Waals surface area contributed by atoms with Crippen LogP contribution in [0.4, 0.5) is 10.5 Å². The molecule has 0 bridgehead atoms. The molecule has 2 heterocycles. The lowest BCUT2D eigenvalue weighted by atomic mass is 10.1. The van der Waals surface area contributed by atoms with Crippen LogP contribution in [0.3, 0.4) is 0 Å². The van der Waals surface area contributed by atoms with Crippen LogP contribution in [0.2, 0.25) is 0 Å². The van der Waals surface area contributed by atoms with E-state index in [0.717, 1.165) is 37.4 Å². The smallest absolute Gasteiger partial charge is 0.410 e. The molecule has 2 aliphatic heterocycles. The van der Waals surface area contributed by atoms with Crippen LogP contribution in [-0.4, -0.2) is 43.8 Å². The van der Waals surface area contributed by atoms with Gasteiger partial charge in [0.05, 0.1) is 19.8 Å². The number of cyclic esters (lactones) is 1. The second kappa shape index (κ2) is 7.15. The first-order valence-corrected chi connectivity index (χ1v) is 8.72. The second-order valence-electron chi connectivity index (χ2n) is 6.43. The van der Waals surface area contributed by atoms with E-state index in [1.807, 2.05) is 30.3 Å². The Bertz CT molecular complexity index is 729. The zero-order valence-electron chi connectivity index (χ0n) is 14.1. The van der Waals surface area contributed by atoms with Gasteiger partial charge in [-0.3, -0.25) is 4.90 Å². The number of hydrogen-bond donors (Lipinski definition) is 0. The summed E-state index contributed by atoms with van der Waals surface area (Å²) in [6.45, 7) is 4.50. The molecular formula is C20H22N2O3. The molecule has 2 saturated heterocycles. The molecule has 130 valence electrons. The summed E-state index contributed by atoms with van der Waals surface area (Å²) >= 11 is 0. The minimum absolute atomic E-state index is 0.184. The van der Waals surface area contributed by atoms with Crippen LogP contribution >= 0.6 is 0 Å². The van der Waals surface area contributed by atoms with Crippen LogP contribution < -0.4 is 4.90 Å². The van der Waals surface area contributed by atoms with E-state index in [-0.39, 0.29) is 12.2 Å². The van der Waals surface area contributed by atoms with Crippen LogP contribution in [0.5, 0.6) is 0 Å². The van der Waals surface area contributed by atoms with Crippen molar-refractivity contribution < 1.29 is 14.3 Å². The number of amides is 1. The molecule has 1 atom stereocenters. The molecule has 1 amide bonds. The van der Waals surface area contributed by atoms with Crippen LogP contribution in [0.15, 0.2) is 54.6 Å². The first-order chi connectivity index (χ1) is 12.3. The van der Waals surface area contributed by atoms with Gasteiger partial charge in [-0.1, -0.05) is 42.5 Å². The molecule has 0 aromatic heterocycles. The first kappa shape index (κ1) is 16.0. The summed E-state index contributed by atoms with van der Waals surface area (Å²) in [6, 6.07) is 18.3. The Morgan fingerprint density at radius 2 is 1.80 bits per heavy atom. The van der Waals surface area contributed by atoms with E-state index in [2.05, 4.69) is 29.2 Å². The van der Waals surface area contributed by atoms with Gasteiger partial charge >= 0.3 is 6.09 Å². The van der Waals surface area contributed by atoms with Crippen molar-refractivity contribution in [1.82, 2.24) is 4.90 Å². The lowest BCUT2D eigenvalue weighted by Gasteiger charge is -2.29. The third-order valence-electron chi connectivity index (χ3n) is 4.72. The van der Waals surface area contributed by atoms with Crippen molar-refractivity contribution in [3.63, 3.8) is 0 Å². The number of rotatable bonds is 4. The van der Waals surface area contributed by atoms with Crippen molar-refractivity contribution in [2.75, 3.05) is 37.7 Å². The zero-order valence-corrected chi connectivity index (χ0v) is 14.1. The quantitative estimate of drug-likeness (QED) is 0.858. The van der Waals surface area contributed by atoms with E-state index >= 15 is 0 Å². The minimum atomic E-state index is -0.245. The van der Waals surface area contributed by atoms with Gasteiger partial charge in [0.15, 0.2) is 0 Å². The van der Waals surface area contributed by atoms with Crippen molar-refractivity contribution in [2.24, 2.45) is 0 Å². The van der Waals surface area contributed by atoms with Gasteiger partial charge in [0.2, 0.25) is 0 Å². The SMILES string of the molecule is O=C1O[C@H](c2ccccc2)CN1Cc1cccc(N2CCOCC2)c1. The van der Waals surface area contributed by atoms with E-state index in [1.54, 1.807) is 4.90 Å². The summed E-state index contributed by atoms with van der Waals surface area (Å²) < 4.78 is 11.0. The van der Waals surface area contributed by atoms with Crippen LogP contribution in [0.1, 0.15) is 17.2 Å². The van der Waals surface area contributed by atoms with Gasteiger partial charge in [-0.2, -0.15) is 0 Å². The Labute approximate surface area is 147 Å². The maximum atomic E-state index is 12.2. The van der Waals surface area contributed by atoms with Gasteiger partial charge in [0.1, 0.15) is 6.10 Å². The van der Waals surface area contributed by atoms with Crippen LogP contribution in [-0.2, 0) is 16.0 Å². The zero-order chi connectivity index (χ0) is 17.1. The van der Waals surface area contributed by atoms with Crippen LogP contribution in [0.25, 0.3) is 0 Å². The Balaban J connectivity index is 1.44. The number of benzene rings is 2. The second-order valence-corrected chi connectivity index (χ2v) is 6.43. The molecule has 2 fully saturated rings. The molecule has 0 N–H and O–H groups in total. The molecule has 25 heavy (non-hydrogen) atoms. The number of hydrogen-bond acceptors (Lipinski definition) is 4. The summed E-state index contributed by atoms with van der Waals surface area (Å²) in [4.78, 5) is 16.3. The lowest BCUT2D eigenvalue weighted by Crippen LogP contribution is -2.36. The van der Waals surface area contributed by atoms with Crippen molar-refractivity contribution in [1.29, 1.82) is 0 Å². The van der Waals surface area contributed by atoms with E-state index in [9.17, 15) is 4.79 Å². The van der Waals surface area contributed by atoms with Gasteiger partial charge in [-0.25, -0.2) is 4.79 Å². The van der Waals surface area contributed by atoms with E-state index < -0.39 is 0 Å². The maximum Gasteiger partial charge on any atom is 0.410 e. The van der Waals surface area contributed by atoms with Crippen molar-refractivity contribution >= 4 is 11.8 Å². The Kier molecular flexibility index (Phi) is 4.57. The van der Waals surface area contributed by atoms with Crippen molar-refractivity contribution in [2.45, 2.75) is 12.6 Å². The number of anilines is 1. The minimum Gasteiger partial charge on any atom is -0.439 e. The van der Waals surface area contributed by atoms with Crippen molar-refractivity contribution in [3.05, 3.63) is 65.7 Å². The molecule has 0 radical (unpaired) electrons. The largest absolute Gasteiger partial charge is 0.439 e. The highest BCUT2D eigenvalue weighted by Gasteiger charge is 2.32. The number of morpholine rings is 1. The van der Waals surface area contributed by atoms with E-state index in [4.69, 9.17) is 9.47 Å². The Morgan fingerprint density at radius 1 is 1.00 bits per heavy atom. The average molecular weight is 338 g/mol. The molecule has 0 spiro atoms. The summed E-state index contributed by atoms with van der Waals surface area (Å²) in [7, 11) is 0. The molecule has 0 unspecified atom stereocenters. The standard InChI is InChI=1S/C20H22N2O3/c23-20-22(15-19(25-20)17-6-2-1-3-7-17)14-16-5-4-8-18(13-16)21-9-11-24-12-10-21/h1-8,13,19H,9-12,14-15H2/t19-/m0/s1. The van der Waals surface area contributed by atoms with Gasteiger partial charge in [-0.15, -0.1) is 0 Å². The van der Waals surface area contributed by atoms with Gasteiger partial charge in [0, 0.05) is 25.3 Å².